The van der Waals surface area contributed by atoms with Crippen molar-refractivity contribution in [3.8, 4) is 5.75 Å². The molecule has 2 aliphatic rings. The summed E-state index contributed by atoms with van der Waals surface area (Å²) in [6.07, 6.45) is 5.74. The van der Waals surface area contributed by atoms with Gasteiger partial charge < -0.3 is 19.3 Å². The van der Waals surface area contributed by atoms with Gasteiger partial charge in [-0.15, -0.1) is 0 Å². The van der Waals surface area contributed by atoms with Crippen molar-refractivity contribution in [3.05, 3.63) is 59.7 Å². The zero-order valence-corrected chi connectivity index (χ0v) is 18.7. The molecule has 32 heavy (non-hydrogen) atoms. The van der Waals surface area contributed by atoms with Gasteiger partial charge in [0.2, 0.25) is 0 Å². The molecule has 0 aliphatic carbocycles. The van der Waals surface area contributed by atoms with Crippen LogP contribution in [0.4, 0.5) is 4.79 Å². The SMILES string of the molecule is CC(C)(C)OC(=O)N1CC=C(c2ccc3c(c2)C(=O)N(Cc2ncccn2)CCO3)CC1. The molecule has 4 rings (SSSR count). The predicted molar refractivity (Wildman–Crippen MR) is 119 cm³/mol. The fourth-order valence-corrected chi connectivity index (χ4v) is 3.72. The molecule has 1 aromatic carbocycles. The van der Waals surface area contributed by atoms with E-state index in [1.807, 2.05) is 45.0 Å². The van der Waals surface area contributed by atoms with Gasteiger partial charge in [-0.1, -0.05) is 12.1 Å². The lowest BCUT2D eigenvalue weighted by Crippen LogP contribution is -2.39. The molecule has 0 unspecified atom stereocenters. The highest BCUT2D eigenvalue weighted by atomic mass is 16.6. The second kappa shape index (κ2) is 8.98. The number of fused-ring (bicyclic) bond motifs is 1. The van der Waals surface area contributed by atoms with Gasteiger partial charge in [-0.3, -0.25) is 4.79 Å². The Balaban J connectivity index is 1.50. The Morgan fingerprint density at radius 2 is 1.97 bits per heavy atom. The summed E-state index contributed by atoms with van der Waals surface area (Å²) in [5, 5.41) is 0. The van der Waals surface area contributed by atoms with Crippen LogP contribution >= 0.6 is 0 Å². The molecule has 8 heteroatoms. The standard InChI is InChI=1S/C24H28N4O4/c1-24(2,3)32-23(30)27-11-7-17(8-12-27)18-5-6-20-19(15-18)22(29)28(13-14-31-20)16-21-25-9-4-10-26-21/h4-7,9-10,15H,8,11-14,16H2,1-3H3. The minimum Gasteiger partial charge on any atom is -0.491 e. The maximum Gasteiger partial charge on any atom is 0.410 e. The van der Waals surface area contributed by atoms with E-state index in [0.717, 1.165) is 11.1 Å². The van der Waals surface area contributed by atoms with Gasteiger partial charge >= 0.3 is 6.09 Å². The zero-order valence-electron chi connectivity index (χ0n) is 18.7. The van der Waals surface area contributed by atoms with Crippen LogP contribution in [0.25, 0.3) is 5.57 Å². The summed E-state index contributed by atoms with van der Waals surface area (Å²) < 4.78 is 11.3. The van der Waals surface area contributed by atoms with Crippen LogP contribution in [0, 0.1) is 0 Å². The molecule has 0 spiro atoms. The fraction of sp³-hybridized carbons (Fsp3) is 0.417. The molecule has 0 saturated carbocycles. The molecule has 1 aromatic heterocycles. The van der Waals surface area contributed by atoms with Crippen LogP contribution < -0.4 is 4.74 Å². The Labute approximate surface area is 187 Å². The van der Waals surface area contributed by atoms with Gasteiger partial charge in [0.15, 0.2) is 0 Å². The lowest BCUT2D eigenvalue weighted by molar-refractivity contribution is 0.0270. The van der Waals surface area contributed by atoms with Crippen LogP contribution in [-0.2, 0) is 11.3 Å². The normalized spacial score (nSPS) is 16.6. The van der Waals surface area contributed by atoms with Crippen LogP contribution in [0.3, 0.4) is 0 Å². The van der Waals surface area contributed by atoms with Crippen molar-refractivity contribution < 1.29 is 19.1 Å². The first-order valence-corrected chi connectivity index (χ1v) is 10.8. The Morgan fingerprint density at radius 3 is 2.66 bits per heavy atom. The lowest BCUT2D eigenvalue weighted by atomic mass is 9.97. The van der Waals surface area contributed by atoms with Crippen molar-refractivity contribution in [2.75, 3.05) is 26.2 Å². The number of amides is 2. The van der Waals surface area contributed by atoms with Crippen LogP contribution in [0.1, 0.15) is 48.9 Å². The van der Waals surface area contributed by atoms with Crippen LogP contribution in [0.2, 0.25) is 0 Å². The summed E-state index contributed by atoms with van der Waals surface area (Å²) in [5.41, 5.74) is 2.08. The zero-order chi connectivity index (χ0) is 22.7. The quantitative estimate of drug-likeness (QED) is 0.732. The molecule has 0 atom stereocenters. The Kier molecular flexibility index (Phi) is 6.12. The summed E-state index contributed by atoms with van der Waals surface area (Å²) in [7, 11) is 0. The third-order valence-electron chi connectivity index (χ3n) is 5.30. The van der Waals surface area contributed by atoms with E-state index in [1.165, 1.54) is 0 Å². The van der Waals surface area contributed by atoms with E-state index in [-0.39, 0.29) is 12.0 Å². The monoisotopic (exact) mass is 436 g/mol. The summed E-state index contributed by atoms with van der Waals surface area (Å²) in [6.45, 7) is 7.84. The van der Waals surface area contributed by atoms with Gasteiger partial charge in [-0.05, 0) is 56.5 Å². The molecule has 168 valence electrons. The van der Waals surface area contributed by atoms with Gasteiger partial charge in [0.1, 0.15) is 23.8 Å². The Bertz CT molecular complexity index is 1030. The molecular weight excluding hydrogens is 408 g/mol. The molecule has 0 fully saturated rings. The molecule has 3 heterocycles. The average Bonchev–Trinajstić information content (AvgIpc) is 2.92. The van der Waals surface area contributed by atoms with E-state index in [0.29, 0.717) is 56.3 Å². The van der Waals surface area contributed by atoms with E-state index in [4.69, 9.17) is 9.47 Å². The second-order valence-corrected chi connectivity index (χ2v) is 8.86. The van der Waals surface area contributed by atoms with Gasteiger partial charge in [0, 0.05) is 25.5 Å². The van der Waals surface area contributed by atoms with Crippen molar-refractivity contribution in [2.45, 2.75) is 39.3 Å². The van der Waals surface area contributed by atoms with E-state index < -0.39 is 5.60 Å². The number of carbonyl (C=O) groups excluding carboxylic acids is 2. The third kappa shape index (κ3) is 5.07. The van der Waals surface area contributed by atoms with E-state index in [2.05, 4.69) is 9.97 Å². The number of aromatic nitrogens is 2. The van der Waals surface area contributed by atoms with Gasteiger partial charge in [0.25, 0.3) is 5.91 Å². The molecule has 2 aromatic rings. The van der Waals surface area contributed by atoms with Crippen LogP contribution in [0.15, 0.2) is 42.7 Å². The van der Waals surface area contributed by atoms with E-state index in [9.17, 15) is 9.59 Å². The minimum absolute atomic E-state index is 0.0985. The van der Waals surface area contributed by atoms with Gasteiger partial charge in [0.05, 0.1) is 18.7 Å². The molecule has 8 nitrogen and oxygen atoms in total. The first kappa shape index (κ1) is 21.8. The topological polar surface area (TPSA) is 84.9 Å². The number of carbonyl (C=O) groups is 2. The van der Waals surface area contributed by atoms with E-state index >= 15 is 0 Å². The van der Waals surface area contributed by atoms with Gasteiger partial charge in [-0.25, -0.2) is 14.8 Å². The number of nitrogens with zero attached hydrogens (tertiary/aromatic N) is 4. The summed E-state index contributed by atoms with van der Waals surface area (Å²) >= 11 is 0. The molecule has 2 amide bonds. The number of ether oxygens (including phenoxy) is 2. The fourth-order valence-electron chi connectivity index (χ4n) is 3.72. The first-order chi connectivity index (χ1) is 15.3. The highest BCUT2D eigenvalue weighted by Crippen LogP contribution is 2.30. The highest BCUT2D eigenvalue weighted by Gasteiger charge is 2.27. The Hall–Kier alpha value is -3.42. The van der Waals surface area contributed by atoms with Crippen molar-refractivity contribution in [1.82, 2.24) is 19.8 Å². The largest absolute Gasteiger partial charge is 0.491 e. The van der Waals surface area contributed by atoms with Crippen molar-refractivity contribution in [1.29, 1.82) is 0 Å². The molecule has 2 aliphatic heterocycles. The summed E-state index contributed by atoms with van der Waals surface area (Å²) in [6, 6.07) is 7.46. The molecular formula is C24H28N4O4. The molecule has 0 bridgehead atoms. The summed E-state index contributed by atoms with van der Waals surface area (Å²) in [5.74, 6) is 1.08. The van der Waals surface area contributed by atoms with Crippen molar-refractivity contribution in [2.24, 2.45) is 0 Å². The van der Waals surface area contributed by atoms with Crippen LogP contribution in [-0.4, -0.2) is 63.6 Å². The maximum absolute atomic E-state index is 13.3. The number of benzene rings is 1. The third-order valence-corrected chi connectivity index (χ3v) is 5.30. The average molecular weight is 437 g/mol. The first-order valence-electron chi connectivity index (χ1n) is 10.8. The van der Waals surface area contributed by atoms with Crippen molar-refractivity contribution in [3.63, 3.8) is 0 Å². The number of hydrogen-bond donors (Lipinski definition) is 0. The molecule has 0 radical (unpaired) electrons. The minimum atomic E-state index is -0.519. The lowest BCUT2D eigenvalue weighted by Gasteiger charge is -2.29. The molecule has 0 N–H and O–H groups in total. The van der Waals surface area contributed by atoms with Crippen molar-refractivity contribution >= 4 is 17.6 Å². The summed E-state index contributed by atoms with van der Waals surface area (Å²) in [4.78, 5) is 37.4. The Morgan fingerprint density at radius 1 is 1.19 bits per heavy atom. The predicted octanol–water partition coefficient (Wildman–Crippen LogP) is 3.54. The van der Waals surface area contributed by atoms with E-state index in [1.54, 1.807) is 28.3 Å². The second-order valence-electron chi connectivity index (χ2n) is 8.86. The van der Waals surface area contributed by atoms with Gasteiger partial charge in [-0.2, -0.15) is 0 Å². The van der Waals surface area contributed by atoms with Crippen LogP contribution in [0.5, 0.6) is 5.75 Å². The number of rotatable bonds is 3. The molecule has 0 saturated heterocycles. The maximum atomic E-state index is 13.3. The highest BCUT2D eigenvalue weighted by molar-refractivity contribution is 5.98. The smallest absolute Gasteiger partial charge is 0.410 e. The number of hydrogen-bond acceptors (Lipinski definition) is 6.